The Balaban J connectivity index is 1.65. The van der Waals surface area contributed by atoms with E-state index in [-0.39, 0.29) is 11.9 Å². The van der Waals surface area contributed by atoms with E-state index in [9.17, 15) is 4.79 Å². The molecule has 2 rings (SSSR count). The maximum Gasteiger partial charge on any atom is 0.234 e. The van der Waals surface area contributed by atoms with Crippen molar-refractivity contribution in [1.29, 1.82) is 0 Å². The second kappa shape index (κ2) is 8.85. The number of thiophene rings is 1. The van der Waals surface area contributed by atoms with Crippen LogP contribution in [-0.4, -0.2) is 25.6 Å². The van der Waals surface area contributed by atoms with Crippen LogP contribution in [0.15, 0.2) is 30.3 Å². The number of carbonyl (C=O) groups is 1. The lowest BCUT2D eigenvalue weighted by Crippen LogP contribution is -2.37. The van der Waals surface area contributed by atoms with Crippen LogP contribution < -0.4 is 15.4 Å². The Kier molecular flexibility index (Phi) is 6.82. The standard InChI is InChI=1S/C19H26N2O2S/c1-13-6-5-7-17(10-13)23-9-8-20-19(22)12-21-15(3)18-11-14(2)24-16(18)4/h5-7,10-11,15,21H,8-9,12H2,1-4H3,(H,20,22). The average molecular weight is 346 g/mol. The molecule has 1 heterocycles. The molecule has 4 nitrogen and oxygen atoms in total. The quantitative estimate of drug-likeness (QED) is 0.719. The highest BCUT2D eigenvalue weighted by atomic mass is 32.1. The minimum absolute atomic E-state index is 0.0145. The maximum absolute atomic E-state index is 11.9. The molecule has 1 aromatic heterocycles. The van der Waals surface area contributed by atoms with Crippen LogP contribution in [0.2, 0.25) is 0 Å². The van der Waals surface area contributed by atoms with Gasteiger partial charge >= 0.3 is 0 Å². The Morgan fingerprint density at radius 2 is 2.04 bits per heavy atom. The van der Waals surface area contributed by atoms with Gasteiger partial charge in [0.1, 0.15) is 12.4 Å². The summed E-state index contributed by atoms with van der Waals surface area (Å²) >= 11 is 1.79. The summed E-state index contributed by atoms with van der Waals surface area (Å²) in [5, 5.41) is 6.14. The van der Waals surface area contributed by atoms with Crippen LogP contribution in [0.1, 0.15) is 33.8 Å². The SMILES string of the molecule is Cc1cccc(OCCNC(=O)CNC(C)c2cc(C)sc2C)c1. The molecule has 2 N–H and O–H groups in total. The number of amides is 1. The summed E-state index contributed by atoms with van der Waals surface area (Å²) < 4.78 is 5.62. The summed E-state index contributed by atoms with van der Waals surface area (Å²) in [4.78, 5) is 14.5. The van der Waals surface area contributed by atoms with Gasteiger partial charge in [-0.15, -0.1) is 11.3 Å². The maximum atomic E-state index is 11.9. The van der Waals surface area contributed by atoms with Crippen LogP contribution in [0, 0.1) is 20.8 Å². The zero-order valence-electron chi connectivity index (χ0n) is 14.8. The van der Waals surface area contributed by atoms with Crippen LogP contribution in [0.4, 0.5) is 0 Å². The van der Waals surface area contributed by atoms with Crippen molar-refractivity contribution in [2.45, 2.75) is 33.7 Å². The Bertz CT molecular complexity index is 682. The van der Waals surface area contributed by atoms with E-state index in [1.54, 1.807) is 11.3 Å². The fourth-order valence-corrected chi connectivity index (χ4v) is 3.59. The first-order valence-corrected chi connectivity index (χ1v) is 9.04. The van der Waals surface area contributed by atoms with Crippen molar-refractivity contribution < 1.29 is 9.53 Å². The molecule has 130 valence electrons. The summed E-state index contributed by atoms with van der Waals surface area (Å²) in [7, 11) is 0. The Labute approximate surface area is 148 Å². The molecule has 0 spiro atoms. The van der Waals surface area contributed by atoms with Crippen molar-refractivity contribution in [3.8, 4) is 5.75 Å². The Morgan fingerprint density at radius 1 is 1.25 bits per heavy atom. The highest BCUT2D eigenvalue weighted by Gasteiger charge is 2.12. The summed E-state index contributed by atoms with van der Waals surface area (Å²) in [6, 6.07) is 10.2. The highest BCUT2D eigenvalue weighted by molar-refractivity contribution is 7.12. The van der Waals surface area contributed by atoms with Crippen molar-refractivity contribution >= 4 is 17.2 Å². The first kappa shape index (κ1) is 18.5. The molecule has 1 aromatic carbocycles. The molecular weight excluding hydrogens is 320 g/mol. The first-order valence-electron chi connectivity index (χ1n) is 8.22. The number of aryl methyl sites for hydroxylation is 3. The molecule has 0 fully saturated rings. The van der Waals surface area contributed by atoms with Crippen LogP contribution in [0.25, 0.3) is 0 Å². The van der Waals surface area contributed by atoms with E-state index in [1.807, 2.05) is 31.2 Å². The number of benzene rings is 1. The van der Waals surface area contributed by atoms with E-state index >= 15 is 0 Å². The van der Waals surface area contributed by atoms with E-state index < -0.39 is 0 Å². The number of rotatable bonds is 8. The molecule has 1 unspecified atom stereocenters. The average Bonchev–Trinajstić information content (AvgIpc) is 2.88. The lowest BCUT2D eigenvalue weighted by atomic mass is 10.1. The molecule has 0 aliphatic rings. The van der Waals surface area contributed by atoms with Gasteiger partial charge in [0, 0.05) is 15.8 Å². The van der Waals surface area contributed by atoms with Crippen LogP contribution in [-0.2, 0) is 4.79 Å². The Hall–Kier alpha value is -1.85. The second-order valence-electron chi connectivity index (χ2n) is 5.99. The van der Waals surface area contributed by atoms with Gasteiger partial charge in [0.25, 0.3) is 0 Å². The zero-order valence-corrected chi connectivity index (χ0v) is 15.6. The predicted octanol–water partition coefficient (Wildman–Crippen LogP) is 3.52. The van der Waals surface area contributed by atoms with Gasteiger partial charge in [0.05, 0.1) is 13.1 Å². The number of hydrogen-bond donors (Lipinski definition) is 2. The van der Waals surface area contributed by atoms with Gasteiger partial charge in [0.15, 0.2) is 0 Å². The first-order chi connectivity index (χ1) is 11.5. The van der Waals surface area contributed by atoms with Gasteiger partial charge in [-0.05, 0) is 57.0 Å². The molecule has 0 saturated carbocycles. The lowest BCUT2D eigenvalue weighted by molar-refractivity contribution is -0.120. The van der Waals surface area contributed by atoms with Crippen molar-refractivity contribution in [3.63, 3.8) is 0 Å². The summed E-state index contributed by atoms with van der Waals surface area (Å²) in [6.07, 6.45) is 0. The van der Waals surface area contributed by atoms with Crippen molar-refractivity contribution in [2.75, 3.05) is 19.7 Å². The summed E-state index contributed by atoms with van der Waals surface area (Å²) in [6.45, 7) is 9.61. The zero-order chi connectivity index (χ0) is 17.5. The molecule has 5 heteroatoms. The summed E-state index contributed by atoms with van der Waals surface area (Å²) in [5.41, 5.74) is 2.43. The third kappa shape index (κ3) is 5.65. The molecule has 1 amide bonds. The van der Waals surface area contributed by atoms with Crippen LogP contribution in [0.5, 0.6) is 5.75 Å². The number of ether oxygens (including phenoxy) is 1. The number of nitrogens with one attached hydrogen (secondary N) is 2. The molecule has 1 atom stereocenters. The normalized spacial score (nSPS) is 12.0. The van der Waals surface area contributed by atoms with Gasteiger partial charge in [-0.25, -0.2) is 0 Å². The molecule has 2 aromatic rings. The fourth-order valence-electron chi connectivity index (χ4n) is 2.56. The van der Waals surface area contributed by atoms with Gasteiger partial charge in [-0.1, -0.05) is 12.1 Å². The predicted molar refractivity (Wildman–Crippen MR) is 99.9 cm³/mol. The van der Waals surface area contributed by atoms with Gasteiger partial charge < -0.3 is 15.4 Å². The number of hydrogen-bond acceptors (Lipinski definition) is 4. The third-order valence-corrected chi connectivity index (χ3v) is 4.78. The van der Waals surface area contributed by atoms with Crippen molar-refractivity contribution in [3.05, 3.63) is 51.2 Å². The minimum atomic E-state index is -0.0145. The van der Waals surface area contributed by atoms with Crippen molar-refractivity contribution in [1.82, 2.24) is 10.6 Å². The molecule has 24 heavy (non-hydrogen) atoms. The minimum Gasteiger partial charge on any atom is -0.492 e. The van der Waals surface area contributed by atoms with Gasteiger partial charge in [-0.3, -0.25) is 4.79 Å². The van der Waals surface area contributed by atoms with Gasteiger partial charge in [-0.2, -0.15) is 0 Å². The lowest BCUT2D eigenvalue weighted by Gasteiger charge is -2.14. The Morgan fingerprint density at radius 3 is 2.71 bits per heavy atom. The topological polar surface area (TPSA) is 50.4 Å². The second-order valence-corrected chi connectivity index (χ2v) is 7.45. The monoisotopic (exact) mass is 346 g/mol. The van der Waals surface area contributed by atoms with Crippen LogP contribution in [0.3, 0.4) is 0 Å². The summed E-state index contributed by atoms with van der Waals surface area (Å²) in [5.74, 6) is 0.818. The number of carbonyl (C=O) groups excluding carboxylic acids is 1. The van der Waals surface area contributed by atoms with Crippen molar-refractivity contribution in [2.24, 2.45) is 0 Å². The smallest absolute Gasteiger partial charge is 0.234 e. The molecule has 0 radical (unpaired) electrons. The van der Waals surface area contributed by atoms with Crippen LogP contribution >= 0.6 is 11.3 Å². The van der Waals surface area contributed by atoms with E-state index in [1.165, 1.54) is 15.3 Å². The highest BCUT2D eigenvalue weighted by Crippen LogP contribution is 2.25. The molecule has 0 aliphatic carbocycles. The molecule has 0 aliphatic heterocycles. The molecular formula is C19H26N2O2S. The molecule has 0 bridgehead atoms. The largest absolute Gasteiger partial charge is 0.492 e. The van der Waals surface area contributed by atoms with Gasteiger partial charge in [0.2, 0.25) is 5.91 Å². The van der Waals surface area contributed by atoms with E-state index in [4.69, 9.17) is 4.74 Å². The van der Waals surface area contributed by atoms with E-state index in [2.05, 4.69) is 37.5 Å². The van der Waals surface area contributed by atoms with E-state index in [0.717, 1.165) is 11.3 Å². The van der Waals surface area contributed by atoms with E-state index in [0.29, 0.717) is 19.7 Å². The third-order valence-electron chi connectivity index (χ3n) is 3.80. The molecule has 0 saturated heterocycles. The fraction of sp³-hybridized carbons (Fsp3) is 0.421.